The van der Waals surface area contributed by atoms with Gasteiger partial charge in [-0.15, -0.1) is 0 Å². The van der Waals surface area contributed by atoms with Crippen molar-refractivity contribution in [2.75, 3.05) is 0 Å². The van der Waals surface area contributed by atoms with Gasteiger partial charge in [-0.1, -0.05) is 121 Å². The lowest BCUT2D eigenvalue weighted by Gasteiger charge is -2.58. The van der Waals surface area contributed by atoms with Crippen LogP contribution in [-0.4, -0.2) is 12.1 Å². The molecule has 0 aliphatic heterocycles. The summed E-state index contributed by atoms with van der Waals surface area (Å²) in [5.74, 6) is 5.12. The Morgan fingerprint density at radius 2 is 1.71 bits per heavy atom. The molecule has 0 radical (unpaired) electrons. The monoisotopic (exact) mass is 695 g/mol. The zero-order valence-corrected chi connectivity index (χ0v) is 34.6. The molecule has 5 rings (SSSR count). The average molecular weight is 695 g/mol. The molecule has 3 saturated carbocycles. The lowest BCUT2D eigenvalue weighted by Crippen LogP contribution is -2.51. The van der Waals surface area contributed by atoms with Crippen LogP contribution >= 0.6 is 0 Å². The van der Waals surface area contributed by atoms with Gasteiger partial charge in [0.15, 0.2) is 0 Å². The highest BCUT2D eigenvalue weighted by molar-refractivity contribution is 5.83. The molecule has 0 aromatic heterocycles. The maximum absolute atomic E-state index is 13.0. The lowest BCUT2D eigenvalue weighted by atomic mass is 9.47. The summed E-state index contributed by atoms with van der Waals surface area (Å²) in [6.45, 7) is 26.0. The van der Waals surface area contributed by atoms with E-state index in [4.69, 9.17) is 4.74 Å². The molecule has 0 aromatic carbocycles. The summed E-state index contributed by atoms with van der Waals surface area (Å²) in [5.41, 5.74) is 7.70. The first-order chi connectivity index (χ1) is 24.1. The quantitative estimate of drug-likeness (QED) is 0.0931. The second-order valence-electron chi connectivity index (χ2n) is 19.3. The van der Waals surface area contributed by atoms with Crippen molar-refractivity contribution in [1.29, 1.82) is 0 Å². The standard InChI is InChI=1S/C49H74O2/c1-12-38(33(2)3)20-19-37(7)43-24-25-44-41-22-21-39-32-40(26-29-48(39,10)45(41)27-30-49(43,44)11)51-46(50)31-35(5)16-13-15-34(4)18-23-42-36(6)17-14-28-47(42,8)9/h13,15-16,18-21,23,31,33,37-38,40-41,43-45H,12,14,17,22,24-30,32H2,1-11H3/t37-,38-,40-,41+,43-,44+,45+,48+,49-/m1/s1. The molecular weight excluding hydrogens is 621 g/mol. The number of carbonyl (C=O) groups excluding carboxylic acids is 1. The summed E-state index contributed by atoms with van der Waals surface area (Å²) < 4.78 is 6.11. The number of fused-ring (bicyclic) bond motifs is 5. The van der Waals surface area contributed by atoms with E-state index in [9.17, 15) is 4.79 Å². The van der Waals surface area contributed by atoms with Crippen LogP contribution < -0.4 is 0 Å². The number of rotatable bonds is 11. The van der Waals surface area contributed by atoms with Crippen molar-refractivity contribution < 1.29 is 9.53 Å². The van der Waals surface area contributed by atoms with Crippen LogP contribution in [0, 0.1) is 57.7 Å². The molecule has 0 N–H and O–H groups in total. The molecule has 282 valence electrons. The second-order valence-corrected chi connectivity index (χ2v) is 19.3. The third-order valence-electron chi connectivity index (χ3n) is 15.2. The van der Waals surface area contributed by atoms with Crippen molar-refractivity contribution in [3.63, 3.8) is 0 Å². The average Bonchev–Trinajstić information content (AvgIpc) is 3.41. The van der Waals surface area contributed by atoms with E-state index in [0.29, 0.717) is 17.3 Å². The highest BCUT2D eigenvalue weighted by Gasteiger charge is 2.59. The van der Waals surface area contributed by atoms with Crippen molar-refractivity contribution >= 4 is 5.97 Å². The summed E-state index contributed by atoms with van der Waals surface area (Å²) in [6.07, 6.45) is 35.0. The molecule has 2 nitrogen and oxygen atoms in total. The smallest absolute Gasteiger partial charge is 0.331 e. The van der Waals surface area contributed by atoms with E-state index < -0.39 is 0 Å². The van der Waals surface area contributed by atoms with Gasteiger partial charge in [0.1, 0.15) is 6.10 Å². The summed E-state index contributed by atoms with van der Waals surface area (Å²) in [7, 11) is 0. The topological polar surface area (TPSA) is 26.3 Å². The molecule has 0 bridgehead atoms. The highest BCUT2D eigenvalue weighted by atomic mass is 16.5. The summed E-state index contributed by atoms with van der Waals surface area (Å²) in [5, 5.41) is 0. The van der Waals surface area contributed by atoms with Crippen LogP contribution in [-0.2, 0) is 9.53 Å². The van der Waals surface area contributed by atoms with Crippen LogP contribution in [0.4, 0.5) is 0 Å². The summed E-state index contributed by atoms with van der Waals surface area (Å²) in [6, 6.07) is 0. The van der Waals surface area contributed by atoms with Gasteiger partial charge in [-0.2, -0.15) is 0 Å². The number of ether oxygens (including phenoxy) is 1. The minimum Gasteiger partial charge on any atom is -0.459 e. The van der Waals surface area contributed by atoms with Crippen molar-refractivity contribution in [2.24, 2.45) is 57.7 Å². The first kappa shape index (κ1) is 39.8. The van der Waals surface area contributed by atoms with E-state index in [2.05, 4.69) is 112 Å². The normalized spacial score (nSPS) is 35.6. The van der Waals surface area contributed by atoms with E-state index in [1.165, 1.54) is 74.5 Å². The zero-order valence-electron chi connectivity index (χ0n) is 34.6. The minimum absolute atomic E-state index is 0.00868. The first-order valence-corrected chi connectivity index (χ1v) is 21.1. The Bertz CT molecular complexity index is 1470. The van der Waals surface area contributed by atoms with Gasteiger partial charge in [0.25, 0.3) is 0 Å². The van der Waals surface area contributed by atoms with Gasteiger partial charge in [0.2, 0.25) is 0 Å². The molecule has 0 heterocycles. The molecule has 0 unspecified atom stereocenters. The molecule has 5 aliphatic rings. The van der Waals surface area contributed by atoms with Crippen molar-refractivity contribution in [3.05, 3.63) is 82.5 Å². The van der Waals surface area contributed by atoms with Gasteiger partial charge < -0.3 is 4.74 Å². The molecule has 51 heavy (non-hydrogen) atoms. The second kappa shape index (κ2) is 16.3. The fourth-order valence-electron chi connectivity index (χ4n) is 12.0. The molecule has 5 aliphatic carbocycles. The van der Waals surface area contributed by atoms with E-state index in [1.807, 2.05) is 13.0 Å². The van der Waals surface area contributed by atoms with Gasteiger partial charge in [-0.25, -0.2) is 4.79 Å². The van der Waals surface area contributed by atoms with Crippen LogP contribution in [0.2, 0.25) is 0 Å². The van der Waals surface area contributed by atoms with Crippen LogP contribution in [0.15, 0.2) is 82.5 Å². The van der Waals surface area contributed by atoms with Crippen molar-refractivity contribution in [3.8, 4) is 0 Å². The van der Waals surface area contributed by atoms with E-state index >= 15 is 0 Å². The number of allylic oxidation sites excluding steroid dienone is 12. The Morgan fingerprint density at radius 1 is 0.941 bits per heavy atom. The third-order valence-corrected chi connectivity index (χ3v) is 15.2. The van der Waals surface area contributed by atoms with Gasteiger partial charge in [0, 0.05) is 12.5 Å². The van der Waals surface area contributed by atoms with Gasteiger partial charge in [-0.05, 0) is 160 Å². The predicted molar refractivity (Wildman–Crippen MR) is 218 cm³/mol. The van der Waals surface area contributed by atoms with E-state index in [0.717, 1.165) is 54.4 Å². The molecule has 0 saturated heterocycles. The van der Waals surface area contributed by atoms with Crippen LogP contribution in [0.5, 0.6) is 0 Å². The predicted octanol–water partition coefficient (Wildman–Crippen LogP) is 13.9. The largest absolute Gasteiger partial charge is 0.459 e. The maximum Gasteiger partial charge on any atom is 0.331 e. The Labute approximate surface area is 314 Å². The van der Waals surface area contributed by atoms with Crippen molar-refractivity contribution in [1.82, 2.24) is 0 Å². The van der Waals surface area contributed by atoms with Crippen LogP contribution in [0.3, 0.4) is 0 Å². The Morgan fingerprint density at radius 3 is 2.41 bits per heavy atom. The summed E-state index contributed by atoms with van der Waals surface area (Å²) >= 11 is 0. The van der Waals surface area contributed by atoms with Crippen LogP contribution in [0.25, 0.3) is 0 Å². The molecular formula is C49H74O2. The van der Waals surface area contributed by atoms with Gasteiger partial charge in [-0.3, -0.25) is 0 Å². The first-order valence-electron chi connectivity index (χ1n) is 21.1. The Kier molecular flexibility index (Phi) is 12.8. The zero-order chi connectivity index (χ0) is 37.1. The van der Waals surface area contributed by atoms with E-state index in [-0.39, 0.29) is 22.9 Å². The highest BCUT2D eigenvalue weighted by Crippen LogP contribution is 2.67. The number of carbonyl (C=O) groups is 1. The molecule has 9 atom stereocenters. The minimum atomic E-state index is -0.199. The molecule has 2 heteroatoms. The lowest BCUT2D eigenvalue weighted by molar-refractivity contribution is -0.145. The Balaban J connectivity index is 1.16. The summed E-state index contributed by atoms with van der Waals surface area (Å²) in [4.78, 5) is 13.0. The van der Waals surface area contributed by atoms with E-state index in [1.54, 1.807) is 11.6 Å². The molecule has 0 amide bonds. The fraction of sp³-hybridized carbons (Fsp3) is 0.694. The van der Waals surface area contributed by atoms with Gasteiger partial charge in [0.05, 0.1) is 0 Å². The SMILES string of the molecule is CC[C@H](C=C[C@@H](C)[C@H]1CC[C@H]2[C@@H]3CC=C4C[C@H](OC(=O)C=C(C)C=CC=C(C)C=CC5=C(C)CCCC5(C)C)CC[C@]4(C)[C@H]3CC[C@]12C)C(C)C. The number of esters is 1. The number of hydrogen-bond acceptors (Lipinski definition) is 2. The fourth-order valence-corrected chi connectivity index (χ4v) is 12.0. The van der Waals surface area contributed by atoms with Crippen molar-refractivity contribution in [2.45, 2.75) is 159 Å². The molecule has 3 fully saturated rings. The Hall–Kier alpha value is -2.35. The van der Waals surface area contributed by atoms with Crippen LogP contribution in [0.1, 0.15) is 153 Å². The molecule has 0 spiro atoms. The van der Waals surface area contributed by atoms with Gasteiger partial charge >= 0.3 is 5.97 Å². The maximum atomic E-state index is 13.0. The number of hydrogen-bond donors (Lipinski definition) is 0. The third kappa shape index (κ3) is 8.73. The molecule has 0 aromatic rings.